The molecule has 1 aromatic carbocycles. The van der Waals surface area contributed by atoms with Gasteiger partial charge in [-0.15, -0.1) is 0 Å². The van der Waals surface area contributed by atoms with Gasteiger partial charge in [-0.3, -0.25) is 0 Å². The van der Waals surface area contributed by atoms with E-state index < -0.39 is 0 Å². The van der Waals surface area contributed by atoms with Crippen LogP contribution in [0.3, 0.4) is 0 Å². The van der Waals surface area contributed by atoms with Crippen LogP contribution in [-0.4, -0.2) is 23.1 Å². The minimum atomic E-state index is 0.687. The first kappa shape index (κ1) is 10.4. The molecule has 3 heteroatoms. The van der Waals surface area contributed by atoms with Crippen molar-refractivity contribution in [2.24, 2.45) is 0 Å². The Bertz CT molecular complexity index is 593. The van der Waals surface area contributed by atoms with Gasteiger partial charge in [-0.1, -0.05) is 0 Å². The molecule has 2 aliphatic rings. The van der Waals surface area contributed by atoms with Crippen LogP contribution in [0.15, 0.2) is 12.1 Å². The van der Waals surface area contributed by atoms with Crippen molar-refractivity contribution < 1.29 is 0 Å². The van der Waals surface area contributed by atoms with Crippen LogP contribution in [-0.2, 0) is 0 Å². The summed E-state index contributed by atoms with van der Waals surface area (Å²) in [7, 11) is 0. The van der Waals surface area contributed by atoms with Crippen LogP contribution in [0, 0.1) is 13.8 Å². The fourth-order valence-electron chi connectivity index (χ4n) is 3.43. The van der Waals surface area contributed by atoms with Crippen molar-refractivity contribution in [2.45, 2.75) is 32.1 Å². The molecule has 1 aliphatic carbocycles. The monoisotopic (exact) mass is 239 g/mol. The minimum absolute atomic E-state index is 0.687. The number of benzene rings is 1. The third-order valence-corrected chi connectivity index (χ3v) is 4.51. The molecule has 92 valence electrons. The Hall–Kier alpha value is -1.48. The van der Waals surface area contributed by atoms with Crippen LogP contribution in [0.1, 0.15) is 40.8 Å². The van der Waals surface area contributed by atoms with E-state index in [9.17, 15) is 0 Å². The second-order valence-corrected chi connectivity index (χ2v) is 5.65. The molecular formula is C15H17N3. The van der Waals surface area contributed by atoms with Crippen LogP contribution in [0.5, 0.6) is 0 Å². The van der Waals surface area contributed by atoms with Gasteiger partial charge in [0.1, 0.15) is 0 Å². The fraction of sp³-hybridized carbons (Fsp3) is 0.467. The van der Waals surface area contributed by atoms with E-state index in [0.717, 1.165) is 35.5 Å². The van der Waals surface area contributed by atoms with Gasteiger partial charge in [0, 0.05) is 13.1 Å². The SMILES string of the molecule is Cc1nc2cc3c(cc2nc1C)C1CNCC3C1. The Labute approximate surface area is 107 Å². The summed E-state index contributed by atoms with van der Waals surface area (Å²) in [6, 6.07) is 4.56. The number of aromatic nitrogens is 2. The van der Waals surface area contributed by atoms with E-state index in [2.05, 4.69) is 27.4 Å². The number of nitrogens with zero attached hydrogens (tertiary/aromatic N) is 2. The predicted molar refractivity (Wildman–Crippen MR) is 72.0 cm³/mol. The molecule has 0 spiro atoms. The Balaban J connectivity index is 2.00. The summed E-state index contributed by atoms with van der Waals surface area (Å²) in [5.74, 6) is 1.37. The van der Waals surface area contributed by atoms with E-state index in [-0.39, 0.29) is 0 Å². The fourth-order valence-corrected chi connectivity index (χ4v) is 3.43. The maximum absolute atomic E-state index is 4.68. The lowest BCUT2D eigenvalue weighted by atomic mass is 9.98. The first-order valence-corrected chi connectivity index (χ1v) is 6.72. The lowest BCUT2D eigenvalue weighted by Crippen LogP contribution is -2.28. The van der Waals surface area contributed by atoms with E-state index in [1.54, 1.807) is 0 Å². The summed E-state index contributed by atoms with van der Waals surface area (Å²) in [5, 5.41) is 3.53. The molecule has 1 aromatic heterocycles. The van der Waals surface area contributed by atoms with Gasteiger partial charge in [0.25, 0.3) is 0 Å². The molecule has 0 radical (unpaired) electrons. The number of hydrogen-bond donors (Lipinski definition) is 1. The van der Waals surface area contributed by atoms with E-state index in [4.69, 9.17) is 0 Å². The standard InChI is InChI=1S/C15H17N3/c1-8-9(2)18-15-5-13-11-3-10(6-16-7-11)12(13)4-14(15)17-8/h4-5,10-11,16H,3,6-7H2,1-2H3. The van der Waals surface area contributed by atoms with Crippen LogP contribution in [0.4, 0.5) is 0 Å². The Morgan fingerprint density at radius 1 is 0.944 bits per heavy atom. The topological polar surface area (TPSA) is 37.8 Å². The number of fused-ring (bicyclic) bond motifs is 6. The number of hydrogen-bond acceptors (Lipinski definition) is 3. The first-order valence-electron chi connectivity index (χ1n) is 6.72. The van der Waals surface area contributed by atoms with E-state index in [1.165, 1.54) is 17.5 Å². The summed E-state index contributed by atoms with van der Waals surface area (Å²) in [4.78, 5) is 9.37. The summed E-state index contributed by atoms with van der Waals surface area (Å²) in [6.07, 6.45) is 1.30. The van der Waals surface area contributed by atoms with Gasteiger partial charge in [0.2, 0.25) is 0 Å². The molecule has 1 saturated heterocycles. The zero-order chi connectivity index (χ0) is 12.3. The number of piperidine rings is 1. The van der Waals surface area contributed by atoms with Crippen molar-refractivity contribution in [3.8, 4) is 0 Å². The molecule has 2 atom stereocenters. The van der Waals surface area contributed by atoms with Crippen LogP contribution < -0.4 is 5.32 Å². The van der Waals surface area contributed by atoms with Gasteiger partial charge in [-0.25, -0.2) is 9.97 Å². The molecule has 2 unspecified atom stereocenters. The van der Waals surface area contributed by atoms with Crippen molar-refractivity contribution >= 4 is 11.0 Å². The van der Waals surface area contributed by atoms with Crippen LogP contribution >= 0.6 is 0 Å². The largest absolute Gasteiger partial charge is 0.316 e. The van der Waals surface area contributed by atoms with Gasteiger partial charge >= 0.3 is 0 Å². The van der Waals surface area contributed by atoms with Gasteiger partial charge < -0.3 is 5.32 Å². The van der Waals surface area contributed by atoms with Crippen molar-refractivity contribution in [1.82, 2.24) is 15.3 Å². The van der Waals surface area contributed by atoms with Crippen LogP contribution in [0.2, 0.25) is 0 Å². The Kier molecular flexibility index (Phi) is 2.04. The molecule has 3 nitrogen and oxygen atoms in total. The quantitative estimate of drug-likeness (QED) is 0.767. The molecule has 2 heterocycles. The van der Waals surface area contributed by atoms with Gasteiger partial charge in [0.05, 0.1) is 22.4 Å². The molecular weight excluding hydrogens is 222 g/mol. The number of aryl methyl sites for hydroxylation is 2. The van der Waals surface area contributed by atoms with Gasteiger partial charge in [-0.2, -0.15) is 0 Å². The van der Waals surface area contributed by atoms with E-state index in [0.29, 0.717) is 11.8 Å². The second-order valence-electron chi connectivity index (χ2n) is 5.65. The smallest absolute Gasteiger partial charge is 0.0893 e. The molecule has 0 saturated carbocycles. The van der Waals surface area contributed by atoms with E-state index in [1.807, 2.05) is 13.8 Å². The summed E-state index contributed by atoms with van der Waals surface area (Å²) < 4.78 is 0. The van der Waals surface area contributed by atoms with Crippen molar-refractivity contribution in [1.29, 1.82) is 0 Å². The summed E-state index contributed by atoms with van der Waals surface area (Å²) in [5.41, 5.74) is 7.22. The second kappa shape index (κ2) is 3.51. The van der Waals surface area contributed by atoms with Crippen molar-refractivity contribution in [3.05, 3.63) is 34.6 Å². The highest BCUT2D eigenvalue weighted by molar-refractivity contribution is 5.78. The average molecular weight is 239 g/mol. The average Bonchev–Trinajstić information content (AvgIpc) is 2.61. The third kappa shape index (κ3) is 1.34. The van der Waals surface area contributed by atoms with Gasteiger partial charge in [0.15, 0.2) is 0 Å². The normalized spacial score (nSPS) is 25.4. The highest BCUT2D eigenvalue weighted by Crippen LogP contribution is 2.44. The highest BCUT2D eigenvalue weighted by atomic mass is 14.9. The zero-order valence-electron chi connectivity index (χ0n) is 10.8. The Morgan fingerprint density at radius 2 is 1.44 bits per heavy atom. The summed E-state index contributed by atoms with van der Waals surface area (Å²) >= 11 is 0. The maximum atomic E-state index is 4.68. The molecule has 4 rings (SSSR count). The minimum Gasteiger partial charge on any atom is -0.316 e. The molecule has 1 fully saturated rings. The lowest BCUT2D eigenvalue weighted by molar-refractivity contribution is 0.454. The lowest BCUT2D eigenvalue weighted by Gasteiger charge is -2.19. The molecule has 2 aromatic rings. The van der Waals surface area contributed by atoms with Crippen LogP contribution in [0.25, 0.3) is 11.0 Å². The predicted octanol–water partition coefficient (Wildman–Crippen LogP) is 2.42. The Morgan fingerprint density at radius 3 is 1.94 bits per heavy atom. The molecule has 2 bridgehead atoms. The number of rotatable bonds is 0. The van der Waals surface area contributed by atoms with E-state index >= 15 is 0 Å². The molecule has 1 N–H and O–H groups in total. The van der Waals surface area contributed by atoms with Crippen molar-refractivity contribution in [3.63, 3.8) is 0 Å². The third-order valence-electron chi connectivity index (χ3n) is 4.51. The first-order chi connectivity index (χ1) is 8.72. The number of nitrogens with one attached hydrogen (secondary N) is 1. The highest BCUT2D eigenvalue weighted by Gasteiger charge is 2.34. The maximum Gasteiger partial charge on any atom is 0.0893 e. The molecule has 0 amide bonds. The zero-order valence-corrected chi connectivity index (χ0v) is 10.8. The molecule has 18 heavy (non-hydrogen) atoms. The summed E-state index contributed by atoms with van der Waals surface area (Å²) in [6.45, 7) is 6.31. The van der Waals surface area contributed by atoms with Gasteiger partial charge in [-0.05, 0) is 55.4 Å². The molecule has 1 aliphatic heterocycles. The van der Waals surface area contributed by atoms with Crippen molar-refractivity contribution in [2.75, 3.05) is 13.1 Å².